The van der Waals surface area contributed by atoms with Gasteiger partial charge in [-0.15, -0.1) is 0 Å². The van der Waals surface area contributed by atoms with Crippen LogP contribution < -0.4 is 4.81 Å². The van der Waals surface area contributed by atoms with E-state index in [0.717, 1.165) is 12.7 Å². The van der Waals surface area contributed by atoms with Gasteiger partial charge in [-0.2, -0.15) is 0 Å². The summed E-state index contributed by atoms with van der Waals surface area (Å²) in [5.41, 5.74) is 1.05. The molecule has 0 amide bonds. The summed E-state index contributed by atoms with van der Waals surface area (Å²) < 4.78 is 10.4. The molecule has 0 aliphatic rings. The summed E-state index contributed by atoms with van der Waals surface area (Å²) in [6, 6.07) is 3.70. The van der Waals surface area contributed by atoms with E-state index in [2.05, 4.69) is 4.98 Å². The molecule has 14 heavy (non-hydrogen) atoms. The van der Waals surface area contributed by atoms with Crippen LogP contribution in [0.15, 0.2) is 18.3 Å². The van der Waals surface area contributed by atoms with Crippen LogP contribution in [0.1, 0.15) is 5.56 Å². The number of aryl methyl sites for hydroxylation is 1. The van der Waals surface area contributed by atoms with E-state index in [1.807, 2.05) is 19.1 Å². The first-order chi connectivity index (χ1) is 6.65. The second-order valence-electron chi connectivity index (χ2n) is 3.14. The topological polar surface area (TPSA) is 53.4 Å². The average Bonchev–Trinajstić information content (AvgIpc) is 2.13. The molecular formula is C8H12B2N2O2. The van der Waals surface area contributed by atoms with Gasteiger partial charge in [0.1, 0.15) is 0 Å². The van der Waals surface area contributed by atoms with Gasteiger partial charge >= 0.3 is 83.6 Å². The van der Waals surface area contributed by atoms with E-state index in [1.165, 1.54) is 4.81 Å². The number of hydrogen-bond acceptors (Lipinski definition) is 4. The molecule has 0 radical (unpaired) electrons. The van der Waals surface area contributed by atoms with Crippen LogP contribution in [-0.2, 0) is 4.70 Å². The van der Waals surface area contributed by atoms with Gasteiger partial charge in [-0.05, 0) is 0 Å². The van der Waals surface area contributed by atoms with Gasteiger partial charge in [-0.1, -0.05) is 0 Å². The van der Waals surface area contributed by atoms with E-state index >= 15 is 0 Å². The monoisotopic (exact) mass is 190 g/mol. The number of pyridine rings is 1. The van der Waals surface area contributed by atoms with Crippen LogP contribution in [0.25, 0.3) is 0 Å². The zero-order valence-electron chi connectivity index (χ0n) is 8.34. The van der Waals surface area contributed by atoms with E-state index in [1.54, 1.807) is 13.0 Å². The summed E-state index contributed by atoms with van der Waals surface area (Å²) >= 11 is 0. The predicted octanol–water partition coefficient (Wildman–Crippen LogP) is 0.314. The molecule has 1 heterocycles. The number of rotatable bonds is 4. The Labute approximate surface area is 84.3 Å². The molecule has 6 heteroatoms. The molecule has 0 saturated carbocycles. The van der Waals surface area contributed by atoms with E-state index < -0.39 is 7.05 Å². The Morgan fingerprint density at radius 2 is 2.43 bits per heavy atom. The van der Waals surface area contributed by atoms with Crippen LogP contribution >= 0.6 is 0 Å². The van der Waals surface area contributed by atoms with Gasteiger partial charge in [0.2, 0.25) is 0 Å². The van der Waals surface area contributed by atoms with E-state index in [-0.39, 0.29) is 6.44 Å². The molecule has 1 aromatic rings. The van der Waals surface area contributed by atoms with Crippen molar-refractivity contribution in [3.05, 3.63) is 23.9 Å². The van der Waals surface area contributed by atoms with E-state index in [0.29, 0.717) is 5.82 Å². The van der Waals surface area contributed by atoms with E-state index in [4.69, 9.17) is 0 Å². The summed E-state index contributed by atoms with van der Waals surface area (Å²) in [7, 11) is 0.0333. The zero-order chi connectivity index (χ0) is 10.6. The Morgan fingerprint density at radius 3 is 2.93 bits per heavy atom. The fraction of sp³-hybridized carbons (Fsp3) is 0.375. The molecule has 0 saturated heterocycles. The normalized spacial score (nSPS) is 9.36. The van der Waals surface area contributed by atoms with Crippen LogP contribution in [0.4, 0.5) is 5.82 Å². The number of anilines is 1. The molecule has 0 aromatic carbocycles. The Hall–Kier alpha value is -1.16. The Morgan fingerprint density at radius 1 is 1.71 bits per heavy atom. The molecule has 0 unspecified atom stereocenters. The summed E-state index contributed by atoms with van der Waals surface area (Å²) in [5, 5.41) is 9.41. The quantitative estimate of drug-likeness (QED) is 0.694. The zero-order valence-corrected chi connectivity index (χ0v) is 8.34. The molecule has 0 aliphatic carbocycles. The van der Waals surface area contributed by atoms with Gasteiger partial charge in [0.15, 0.2) is 0 Å². The summed E-state index contributed by atoms with van der Waals surface area (Å²) in [4.78, 5) is 5.61. The maximum atomic E-state index is 10.4. The molecule has 1 rings (SSSR count). The molecule has 0 atom stereocenters. The summed E-state index contributed by atoms with van der Waals surface area (Å²) in [5.74, 6) is 0.618. The molecule has 0 bridgehead atoms. The van der Waals surface area contributed by atoms with Crippen molar-refractivity contribution in [2.24, 2.45) is 0 Å². The van der Waals surface area contributed by atoms with Gasteiger partial charge in [0, 0.05) is 0 Å². The number of aromatic nitrogens is 1. The molecular weight excluding hydrogens is 178 g/mol. The fourth-order valence-electron chi connectivity index (χ4n) is 1.20. The number of hydrogen-bond donors (Lipinski definition) is 1. The first kappa shape index (κ1) is 10.9. The van der Waals surface area contributed by atoms with Crippen molar-refractivity contribution in [2.45, 2.75) is 13.7 Å². The van der Waals surface area contributed by atoms with Gasteiger partial charge in [-0.3, -0.25) is 0 Å². The summed E-state index contributed by atoms with van der Waals surface area (Å²) in [6.07, 6.45) is 1.80. The molecule has 0 fully saturated rings. The molecule has 0 spiro atoms. The third-order valence-corrected chi connectivity index (χ3v) is 1.92. The molecule has 4 nitrogen and oxygen atoms in total. The molecule has 1 N–H and O–H groups in total. The first-order valence-corrected chi connectivity index (χ1v) is 4.46. The maximum absolute atomic E-state index is 10.4. The Balaban J connectivity index is 2.92. The van der Waals surface area contributed by atoms with Crippen LogP contribution in [0.2, 0.25) is 6.82 Å². The minimum atomic E-state index is -0.713. The fourth-order valence-corrected chi connectivity index (χ4v) is 1.20. The Kier molecular flexibility index (Phi) is 3.83. The standard InChI is InChI=1S/C8H12B2N2O2/c1-7-3-4-11-8(5-7)12(6-9-13)10(2)14/h3-5,14H,6H2,1-2H3. The van der Waals surface area contributed by atoms with Crippen molar-refractivity contribution in [3.63, 3.8) is 0 Å². The average molecular weight is 190 g/mol. The second-order valence-corrected chi connectivity index (χ2v) is 3.14. The molecule has 72 valence electrons. The van der Waals surface area contributed by atoms with Crippen molar-refractivity contribution in [3.8, 4) is 0 Å². The third-order valence-electron chi connectivity index (χ3n) is 1.92. The van der Waals surface area contributed by atoms with Crippen molar-refractivity contribution < 1.29 is 9.73 Å². The first-order valence-electron chi connectivity index (χ1n) is 4.46. The van der Waals surface area contributed by atoms with Crippen LogP contribution in [0, 0.1) is 6.92 Å². The van der Waals surface area contributed by atoms with E-state index in [9.17, 15) is 9.73 Å². The molecule has 1 aromatic heterocycles. The van der Waals surface area contributed by atoms with Gasteiger partial charge in [0.25, 0.3) is 0 Å². The van der Waals surface area contributed by atoms with Crippen molar-refractivity contribution in [1.29, 1.82) is 0 Å². The van der Waals surface area contributed by atoms with Crippen LogP contribution in [-0.4, -0.2) is 30.7 Å². The van der Waals surface area contributed by atoms with Crippen LogP contribution in [0.5, 0.6) is 0 Å². The van der Waals surface area contributed by atoms with Gasteiger partial charge < -0.3 is 0 Å². The third kappa shape index (κ3) is 2.67. The summed E-state index contributed by atoms with van der Waals surface area (Å²) in [6.45, 7) is 3.54. The SMILES string of the molecule is CB(O)N(CB=O)c1cc(C)ccn1. The van der Waals surface area contributed by atoms with Gasteiger partial charge in [0.05, 0.1) is 0 Å². The Bertz CT molecular complexity index is 320. The van der Waals surface area contributed by atoms with Crippen molar-refractivity contribution >= 4 is 20.0 Å². The minimum absolute atomic E-state index is 0.147. The van der Waals surface area contributed by atoms with Crippen LogP contribution in [0.3, 0.4) is 0 Å². The van der Waals surface area contributed by atoms with Crippen molar-refractivity contribution in [1.82, 2.24) is 4.98 Å². The van der Waals surface area contributed by atoms with Crippen molar-refractivity contribution in [2.75, 3.05) is 11.3 Å². The molecule has 0 aliphatic heterocycles. The van der Waals surface area contributed by atoms with Gasteiger partial charge in [-0.25, -0.2) is 0 Å². The predicted molar refractivity (Wildman–Crippen MR) is 56.6 cm³/mol. The second kappa shape index (κ2) is 4.91. The number of nitrogens with zero attached hydrogens (tertiary/aromatic N) is 2.